The predicted molar refractivity (Wildman–Crippen MR) is 99.3 cm³/mol. The van der Waals surface area contributed by atoms with Crippen LogP contribution in [0, 0.1) is 0 Å². The molecule has 3 nitrogen and oxygen atoms in total. The average Bonchev–Trinajstić information content (AvgIpc) is 2.54. The van der Waals surface area contributed by atoms with Crippen LogP contribution >= 0.6 is 0 Å². The van der Waals surface area contributed by atoms with Gasteiger partial charge in [-0.25, -0.2) is 0 Å². The lowest BCUT2D eigenvalue weighted by Crippen LogP contribution is -2.38. The molecule has 0 aliphatic heterocycles. The monoisotopic (exact) mass is 340 g/mol. The molecule has 0 bridgehead atoms. The zero-order chi connectivity index (χ0) is 17.7. The smallest absolute Gasteiger partial charge is 0.304 e. The Balaban J connectivity index is 2.40. The fourth-order valence-corrected chi connectivity index (χ4v) is 5.47. The zero-order valence-corrected chi connectivity index (χ0v) is 15.4. The molecule has 2 rings (SSSR count). The van der Waals surface area contributed by atoms with E-state index in [2.05, 4.69) is 19.6 Å². The quantitative estimate of drug-likeness (QED) is 0.580. The average molecular weight is 340 g/mol. The third-order valence-electron chi connectivity index (χ3n) is 4.33. The van der Waals surface area contributed by atoms with Gasteiger partial charge in [0.15, 0.2) is 5.78 Å². The van der Waals surface area contributed by atoms with Crippen LogP contribution in [0.15, 0.2) is 60.7 Å². The molecule has 2 atom stereocenters. The van der Waals surface area contributed by atoms with Crippen molar-refractivity contribution in [3.63, 3.8) is 0 Å². The SMILES string of the molecule is C[Si](C)(C)C(C(=O)O)C(CC(=O)c1ccccc1)c1ccccc1. The van der Waals surface area contributed by atoms with E-state index in [-0.39, 0.29) is 18.1 Å². The van der Waals surface area contributed by atoms with Crippen LogP contribution in [0.1, 0.15) is 28.3 Å². The summed E-state index contributed by atoms with van der Waals surface area (Å²) in [5, 5.41) is 9.85. The van der Waals surface area contributed by atoms with E-state index in [1.807, 2.05) is 48.5 Å². The van der Waals surface area contributed by atoms with Crippen molar-refractivity contribution < 1.29 is 14.7 Å². The summed E-state index contributed by atoms with van der Waals surface area (Å²) in [5.41, 5.74) is 1.06. The molecule has 126 valence electrons. The molecule has 0 saturated heterocycles. The van der Waals surface area contributed by atoms with Gasteiger partial charge in [0.2, 0.25) is 0 Å². The van der Waals surface area contributed by atoms with Gasteiger partial charge in [0, 0.05) is 17.9 Å². The molecule has 0 heterocycles. The highest BCUT2D eigenvalue weighted by Gasteiger charge is 2.40. The summed E-state index contributed by atoms with van der Waals surface area (Å²) < 4.78 is 0. The van der Waals surface area contributed by atoms with Crippen molar-refractivity contribution in [1.82, 2.24) is 0 Å². The fourth-order valence-electron chi connectivity index (χ4n) is 3.22. The Morgan fingerprint density at radius 1 is 0.917 bits per heavy atom. The van der Waals surface area contributed by atoms with E-state index >= 15 is 0 Å². The number of ketones is 1. The first-order chi connectivity index (χ1) is 11.3. The second-order valence-electron chi connectivity index (χ2n) is 7.19. The van der Waals surface area contributed by atoms with E-state index in [0.29, 0.717) is 5.56 Å². The minimum atomic E-state index is -2.02. The summed E-state index contributed by atoms with van der Waals surface area (Å²) in [5.74, 6) is -1.11. The molecule has 4 heteroatoms. The van der Waals surface area contributed by atoms with Gasteiger partial charge in [-0.15, -0.1) is 0 Å². The van der Waals surface area contributed by atoms with Gasteiger partial charge in [0.05, 0.1) is 13.6 Å². The molecule has 0 aromatic heterocycles. The molecule has 0 amide bonds. The maximum absolute atomic E-state index is 12.7. The molecule has 0 radical (unpaired) electrons. The van der Waals surface area contributed by atoms with Crippen LogP contribution in [0.3, 0.4) is 0 Å². The molecule has 24 heavy (non-hydrogen) atoms. The lowest BCUT2D eigenvalue weighted by Gasteiger charge is -2.32. The van der Waals surface area contributed by atoms with Gasteiger partial charge in [-0.1, -0.05) is 80.3 Å². The van der Waals surface area contributed by atoms with Gasteiger partial charge in [-0.05, 0) is 5.56 Å². The summed E-state index contributed by atoms with van der Waals surface area (Å²) in [6, 6.07) is 18.7. The highest BCUT2D eigenvalue weighted by Crippen LogP contribution is 2.40. The second kappa shape index (κ2) is 7.58. The van der Waals surface area contributed by atoms with Gasteiger partial charge in [-0.2, -0.15) is 0 Å². The Kier molecular flexibility index (Phi) is 5.73. The van der Waals surface area contributed by atoms with Crippen molar-refractivity contribution in [1.29, 1.82) is 0 Å². The number of benzene rings is 2. The molecular weight excluding hydrogens is 316 g/mol. The minimum absolute atomic E-state index is 0.00560. The molecule has 0 aliphatic rings. The Hall–Kier alpha value is -2.20. The highest BCUT2D eigenvalue weighted by molar-refractivity contribution is 6.80. The molecule has 2 aromatic carbocycles. The first-order valence-electron chi connectivity index (χ1n) is 8.16. The van der Waals surface area contributed by atoms with Crippen LogP contribution in [0.5, 0.6) is 0 Å². The molecule has 0 aliphatic carbocycles. The number of carboxylic acid groups (broad SMARTS) is 1. The number of carboxylic acids is 1. The van der Waals surface area contributed by atoms with Gasteiger partial charge in [0.1, 0.15) is 0 Å². The molecule has 0 saturated carbocycles. The van der Waals surface area contributed by atoms with Gasteiger partial charge in [-0.3, -0.25) is 9.59 Å². The van der Waals surface area contributed by atoms with Crippen molar-refractivity contribution in [3.8, 4) is 0 Å². The Labute approximate surface area is 144 Å². The van der Waals surface area contributed by atoms with Gasteiger partial charge >= 0.3 is 5.97 Å². The van der Waals surface area contributed by atoms with Crippen molar-refractivity contribution in [3.05, 3.63) is 71.8 Å². The summed E-state index contributed by atoms with van der Waals surface area (Å²) in [6.45, 7) is 6.15. The Morgan fingerprint density at radius 2 is 1.42 bits per heavy atom. The molecule has 0 spiro atoms. The highest BCUT2D eigenvalue weighted by atomic mass is 28.3. The number of carbonyl (C=O) groups excluding carboxylic acids is 1. The summed E-state index contributed by atoms with van der Waals surface area (Å²) >= 11 is 0. The molecule has 0 fully saturated rings. The van der Waals surface area contributed by atoms with Crippen LogP contribution in [-0.4, -0.2) is 24.9 Å². The van der Waals surface area contributed by atoms with Crippen LogP contribution < -0.4 is 0 Å². The molecular formula is C20H24O3Si. The van der Waals surface area contributed by atoms with Crippen LogP contribution in [-0.2, 0) is 4.79 Å². The zero-order valence-electron chi connectivity index (χ0n) is 14.4. The molecule has 1 N–H and O–H groups in total. The minimum Gasteiger partial charge on any atom is -0.481 e. The maximum atomic E-state index is 12.7. The van der Waals surface area contributed by atoms with E-state index in [0.717, 1.165) is 5.56 Å². The number of Topliss-reactive ketones (excluding diaryl/α,β-unsaturated/α-hetero) is 1. The number of carbonyl (C=O) groups is 2. The first kappa shape index (κ1) is 18.1. The van der Waals surface area contributed by atoms with E-state index in [1.165, 1.54) is 0 Å². The Bertz CT molecular complexity index is 690. The van der Waals surface area contributed by atoms with Crippen molar-refractivity contribution in [2.45, 2.75) is 37.5 Å². The van der Waals surface area contributed by atoms with E-state index in [1.54, 1.807) is 12.1 Å². The van der Waals surface area contributed by atoms with Crippen molar-refractivity contribution >= 4 is 19.8 Å². The lowest BCUT2D eigenvalue weighted by atomic mass is 9.88. The number of hydrogen-bond acceptors (Lipinski definition) is 2. The van der Waals surface area contributed by atoms with Gasteiger partial charge < -0.3 is 5.11 Å². The maximum Gasteiger partial charge on any atom is 0.304 e. The van der Waals surface area contributed by atoms with Crippen LogP contribution in [0.4, 0.5) is 0 Å². The largest absolute Gasteiger partial charge is 0.481 e. The van der Waals surface area contributed by atoms with E-state index < -0.39 is 19.6 Å². The lowest BCUT2D eigenvalue weighted by molar-refractivity contribution is -0.137. The Morgan fingerprint density at radius 3 is 1.88 bits per heavy atom. The number of rotatable bonds is 7. The van der Waals surface area contributed by atoms with Gasteiger partial charge in [0.25, 0.3) is 0 Å². The standard InChI is InChI=1S/C20H24O3Si/c1-24(2,3)19(20(22)23)17(15-10-6-4-7-11-15)14-18(21)16-12-8-5-9-13-16/h4-13,17,19H,14H2,1-3H3,(H,22,23). The fraction of sp³-hybridized carbons (Fsp3) is 0.300. The summed E-state index contributed by atoms with van der Waals surface area (Å²) in [4.78, 5) is 24.7. The normalized spacial score (nSPS) is 14.0. The van der Waals surface area contributed by atoms with Crippen molar-refractivity contribution in [2.24, 2.45) is 0 Å². The second-order valence-corrected chi connectivity index (χ2v) is 12.5. The predicted octanol–water partition coefficient (Wildman–Crippen LogP) is 4.84. The van der Waals surface area contributed by atoms with Crippen molar-refractivity contribution in [2.75, 3.05) is 0 Å². The third kappa shape index (κ3) is 4.42. The molecule has 2 unspecified atom stereocenters. The van der Waals surface area contributed by atoms with E-state index in [9.17, 15) is 14.7 Å². The van der Waals surface area contributed by atoms with Crippen LogP contribution in [0.25, 0.3) is 0 Å². The van der Waals surface area contributed by atoms with Crippen LogP contribution in [0.2, 0.25) is 25.2 Å². The third-order valence-corrected chi connectivity index (χ3v) is 6.85. The molecule has 2 aromatic rings. The summed E-state index contributed by atoms with van der Waals surface area (Å²) in [7, 11) is -2.02. The number of hydrogen-bond donors (Lipinski definition) is 1. The summed E-state index contributed by atoms with van der Waals surface area (Å²) in [6.07, 6.45) is 0.218. The number of aliphatic carboxylic acids is 1. The first-order valence-corrected chi connectivity index (χ1v) is 11.7. The van der Waals surface area contributed by atoms with E-state index in [4.69, 9.17) is 0 Å². The topological polar surface area (TPSA) is 54.4 Å².